The number of para-hydroxylation sites is 1. The summed E-state index contributed by atoms with van der Waals surface area (Å²) < 4.78 is 17.5. The van der Waals surface area contributed by atoms with Crippen LogP contribution in [0, 0.1) is 0 Å². The number of carbonyl (C=O) groups excluding carboxylic acids is 1. The fraction of sp³-hybridized carbons (Fsp3) is 0.0357. The minimum Gasteiger partial charge on any atom is -0.508 e. The van der Waals surface area contributed by atoms with Crippen LogP contribution in [0.25, 0.3) is 0 Å². The van der Waals surface area contributed by atoms with E-state index in [9.17, 15) is 24.9 Å². The second-order valence-corrected chi connectivity index (χ2v) is 8.98. The summed E-state index contributed by atoms with van der Waals surface area (Å²) in [6.07, 6.45) is 0. The average Bonchev–Trinajstić information content (AvgIpc) is 3.16. The number of carboxylic acids is 1. The SMILES string of the molecule is O=C(O)c1ccccc1OC(=S)Nc1ccc2c(c1)C(=O)OC21c2ccc(O)cc2Oc2cc(O)ccc21. The number of carboxylic acid groups (broad SMARTS) is 1. The van der Waals surface area contributed by atoms with Gasteiger partial charge in [-0.25, -0.2) is 9.59 Å². The van der Waals surface area contributed by atoms with E-state index in [4.69, 9.17) is 26.4 Å². The number of benzene rings is 4. The summed E-state index contributed by atoms with van der Waals surface area (Å²) >= 11 is 5.26. The van der Waals surface area contributed by atoms with Crippen molar-refractivity contribution in [2.24, 2.45) is 0 Å². The van der Waals surface area contributed by atoms with Crippen LogP contribution in [0.4, 0.5) is 5.69 Å². The number of rotatable bonds is 3. The number of thiocarbonyl (C=S) groups is 1. The van der Waals surface area contributed by atoms with Gasteiger partial charge in [-0.1, -0.05) is 18.2 Å². The second kappa shape index (κ2) is 8.49. The summed E-state index contributed by atoms with van der Waals surface area (Å²) in [6, 6.07) is 20.0. The normalized spacial score (nSPS) is 13.9. The first-order valence-corrected chi connectivity index (χ1v) is 11.7. The van der Waals surface area contributed by atoms with Gasteiger partial charge >= 0.3 is 11.9 Å². The van der Waals surface area contributed by atoms with Gasteiger partial charge in [0.1, 0.15) is 34.3 Å². The Morgan fingerprint density at radius 2 is 1.50 bits per heavy atom. The molecular weight excluding hydrogens is 510 g/mol. The molecule has 10 heteroatoms. The van der Waals surface area contributed by atoms with Crippen LogP contribution >= 0.6 is 12.2 Å². The Hall–Kier alpha value is -5.09. The third-order valence-electron chi connectivity index (χ3n) is 6.34. The number of ether oxygens (including phenoxy) is 3. The largest absolute Gasteiger partial charge is 0.508 e. The number of esters is 1. The van der Waals surface area contributed by atoms with E-state index in [0.717, 1.165) is 0 Å². The van der Waals surface area contributed by atoms with E-state index >= 15 is 0 Å². The number of phenolic OH excluding ortho intramolecular Hbond substituents is 2. The summed E-state index contributed by atoms with van der Waals surface area (Å²) in [6.45, 7) is 0. The average molecular weight is 528 g/mol. The van der Waals surface area contributed by atoms with E-state index in [1.54, 1.807) is 42.5 Å². The highest BCUT2D eigenvalue weighted by molar-refractivity contribution is 7.80. The van der Waals surface area contributed by atoms with Gasteiger partial charge in [-0.05, 0) is 60.7 Å². The first kappa shape index (κ1) is 23.3. The number of carbonyl (C=O) groups is 2. The van der Waals surface area contributed by atoms with Gasteiger partial charge in [0.05, 0.1) is 5.56 Å². The van der Waals surface area contributed by atoms with Crippen molar-refractivity contribution in [2.45, 2.75) is 5.60 Å². The number of hydrogen-bond donors (Lipinski definition) is 4. The molecule has 0 unspecified atom stereocenters. The van der Waals surface area contributed by atoms with E-state index in [2.05, 4.69) is 5.32 Å². The summed E-state index contributed by atoms with van der Waals surface area (Å²) in [7, 11) is 0. The maximum absolute atomic E-state index is 13.2. The monoisotopic (exact) mass is 527 g/mol. The van der Waals surface area contributed by atoms with Crippen LogP contribution in [0.2, 0.25) is 0 Å². The number of nitrogens with one attached hydrogen (secondary N) is 1. The van der Waals surface area contributed by atoms with Gasteiger partial charge < -0.3 is 34.8 Å². The molecule has 1 spiro atoms. The lowest BCUT2D eigenvalue weighted by molar-refractivity contribution is 0.0224. The van der Waals surface area contributed by atoms with Crippen molar-refractivity contribution in [3.05, 3.63) is 107 Å². The molecule has 0 bridgehead atoms. The Kier molecular flexibility index (Phi) is 5.21. The number of hydrogen-bond acceptors (Lipinski definition) is 8. The Bertz CT molecular complexity index is 1630. The molecule has 2 heterocycles. The zero-order valence-electron chi connectivity index (χ0n) is 19.3. The zero-order chi connectivity index (χ0) is 26.6. The molecule has 0 amide bonds. The molecule has 0 saturated carbocycles. The minimum absolute atomic E-state index is 0.0374. The van der Waals surface area contributed by atoms with Crippen LogP contribution in [0.1, 0.15) is 37.4 Å². The van der Waals surface area contributed by atoms with Gasteiger partial charge in [-0.3, -0.25) is 0 Å². The molecule has 6 rings (SSSR count). The van der Waals surface area contributed by atoms with Crippen molar-refractivity contribution < 1.29 is 39.1 Å². The van der Waals surface area contributed by atoms with Crippen molar-refractivity contribution >= 4 is 35.0 Å². The molecule has 0 aromatic heterocycles. The van der Waals surface area contributed by atoms with Gasteiger partial charge in [0.25, 0.3) is 5.17 Å². The van der Waals surface area contributed by atoms with Crippen molar-refractivity contribution in [2.75, 3.05) is 5.32 Å². The highest BCUT2D eigenvalue weighted by atomic mass is 32.1. The van der Waals surface area contributed by atoms with Gasteiger partial charge in [-0.2, -0.15) is 0 Å². The Balaban J connectivity index is 1.39. The first-order chi connectivity index (χ1) is 18.3. The molecule has 38 heavy (non-hydrogen) atoms. The van der Waals surface area contributed by atoms with Gasteiger partial charge in [0.2, 0.25) is 0 Å². The molecular formula is C28H17NO8S. The van der Waals surface area contributed by atoms with Gasteiger partial charge in [-0.15, -0.1) is 0 Å². The topological polar surface area (TPSA) is 135 Å². The highest BCUT2D eigenvalue weighted by Crippen LogP contribution is 2.57. The van der Waals surface area contributed by atoms with E-state index in [1.165, 1.54) is 36.4 Å². The number of phenols is 2. The molecule has 0 saturated heterocycles. The molecule has 2 aliphatic rings. The van der Waals surface area contributed by atoms with Crippen LogP contribution in [0.3, 0.4) is 0 Å². The third kappa shape index (κ3) is 3.58. The van der Waals surface area contributed by atoms with Crippen LogP contribution in [0.15, 0.2) is 78.9 Å². The number of aromatic carboxylic acids is 1. The molecule has 0 fully saturated rings. The molecule has 0 radical (unpaired) electrons. The Morgan fingerprint density at radius 3 is 2.16 bits per heavy atom. The van der Waals surface area contributed by atoms with Crippen molar-refractivity contribution in [3.63, 3.8) is 0 Å². The van der Waals surface area contributed by atoms with E-state index < -0.39 is 17.5 Å². The Morgan fingerprint density at radius 1 is 0.868 bits per heavy atom. The summed E-state index contributed by atoms with van der Waals surface area (Å²) in [5.41, 5.74) is 0.773. The Labute approximate surface area is 220 Å². The quantitative estimate of drug-likeness (QED) is 0.210. The van der Waals surface area contributed by atoms with Crippen molar-refractivity contribution in [1.82, 2.24) is 0 Å². The molecule has 4 N–H and O–H groups in total. The summed E-state index contributed by atoms with van der Waals surface area (Å²) in [4.78, 5) is 24.7. The second-order valence-electron chi connectivity index (χ2n) is 8.61. The fourth-order valence-corrected chi connectivity index (χ4v) is 4.97. The molecule has 188 valence electrons. The summed E-state index contributed by atoms with van der Waals surface area (Å²) in [5.74, 6) is -1.22. The molecule has 0 aliphatic carbocycles. The predicted octanol–water partition coefficient (Wildman–Crippen LogP) is 5.14. The third-order valence-corrected chi connectivity index (χ3v) is 6.53. The van der Waals surface area contributed by atoms with Crippen molar-refractivity contribution in [3.8, 4) is 28.7 Å². The highest BCUT2D eigenvalue weighted by Gasteiger charge is 2.53. The van der Waals surface area contributed by atoms with Crippen molar-refractivity contribution in [1.29, 1.82) is 0 Å². The standard InChI is InChI=1S/C28H17NO8S/c30-15-6-9-20-23(12-15)35-24-13-16(31)7-10-21(24)28(20)19-8-5-14(11-18(19)26(34)37-28)29-27(38)36-22-4-2-1-3-17(22)25(32)33/h1-13,30-31H,(H,29,38)(H,32,33). The number of fused-ring (bicyclic) bond motifs is 6. The lowest BCUT2D eigenvalue weighted by atomic mass is 9.77. The van der Waals surface area contributed by atoms with Gasteiger partial charge in [0.15, 0.2) is 5.60 Å². The van der Waals surface area contributed by atoms with Crippen LogP contribution in [-0.4, -0.2) is 32.4 Å². The van der Waals surface area contributed by atoms with E-state index in [1.807, 2.05) is 0 Å². The molecule has 2 aliphatic heterocycles. The lowest BCUT2D eigenvalue weighted by Gasteiger charge is -2.36. The number of aromatic hydroxyl groups is 2. The maximum atomic E-state index is 13.2. The maximum Gasteiger partial charge on any atom is 0.340 e. The lowest BCUT2D eigenvalue weighted by Crippen LogP contribution is -2.32. The van der Waals surface area contributed by atoms with Crippen LogP contribution < -0.4 is 14.8 Å². The smallest absolute Gasteiger partial charge is 0.340 e. The first-order valence-electron chi connectivity index (χ1n) is 11.3. The molecule has 9 nitrogen and oxygen atoms in total. The van der Waals surface area contributed by atoms with E-state index in [0.29, 0.717) is 22.4 Å². The fourth-order valence-electron chi connectivity index (χ4n) is 4.76. The zero-order valence-corrected chi connectivity index (χ0v) is 20.1. The van der Waals surface area contributed by atoms with Crippen LogP contribution in [0.5, 0.6) is 28.7 Å². The van der Waals surface area contributed by atoms with Crippen LogP contribution in [-0.2, 0) is 10.3 Å². The molecule has 0 atom stereocenters. The van der Waals surface area contributed by atoms with Gasteiger partial charge in [0, 0.05) is 34.5 Å². The molecule has 4 aromatic rings. The van der Waals surface area contributed by atoms with E-state index in [-0.39, 0.29) is 45.0 Å². The number of anilines is 1. The molecule has 4 aromatic carbocycles. The summed E-state index contributed by atoms with van der Waals surface area (Å²) in [5, 5.41) is 32.2. The minimum atomic E-state index is -1.38. The predicted molar refractivity (Wildman–Crippen MR) is 138 cm³/mol.